The fourth-order valence-electron chi connectivity index (χ4n) is 2.98. The smallest absolute Gasteiger partial charge is 0.0799 e. The molecule has 0 aromatic carbocycles. The Balaban J connectivity index is 1.99. The molecule has 2 fully saturated rings. The van der Waals surface area contributed by atoms with Crippen LogP contribution < -0.4 is 5.32 Å². The predicted octanol–water partition coefficient (Wildman–Crippen LogP) is 1.68. The molecular weight excluding hydrogens is 162 g/mol. The molecule has 1 saturated heterocycles. The molecule has 0 aromatic heterocycles. The molecule has 1 unspecified atom stereocenters. The maximum atomic E-state index is 10.5. The summed E-state index contributed by atoms with van der Waals surface area (Å²) >= 11 is 0. The van der Waals surface area contributed by atoms with Crippen LogP contribution in [0.3, 0.4) is 0 Å². The molecule has 2 heteroatoms. The van der Waals surface area contributed by atoms with Gasteiger partial charge in [-0.25, -0.2) is 0 Å². The van der Waals surface area contributed by atoms with Crippen LogP contribution in [-0.4, -0.2) is 23.3 Å². The number of rotatable bonds is 2. The van der Waals surface area contributed by atoms with E-state index in [2.05, 4.69) is 5.32 Å². The van der Waals surface area contributed by atoms with Crippen molar-refractivity contribution in [2.45, 2.75) is 57.1 Å². The van der Waals surface area contributed by atoms with E-state index in [1.54, 1.807) is 0 Å². The summed E-state index contributed by atoms with van der Waals surface area (Å²) in [7, 11) is 0. The van der Waals surface area contributed by atoms with Crippen molar-refractivity contribution in [2.24, 2.45) is 5.92 Å². The van der Waals surface area contributed by atoms with Crippen molar-refractivity contribution in [3.63, 3.8) is 0 Å². The lowest BCUT2D eigenvalue weighted by Crippen LogP contribution is -2.50. The molecule has 13 heavy (non-hydrogen) atoms. The number of nitrogens with one attached hydrogen (secondary N) is 1. The molecule has 0 radical (unpaired) electrons. The van der Waals surface area contributed by atoms with Crippen molar-refractivity contribution in [1.82, 2.24) is 5.32 Å². The molecule has 1 aliphatic carbocycles. The minimum absolute atomic E-state index is 0.357. The van der Waals surface area contributed by atoms with Crippen molar-refractivity contribution in [3.05, 3.63) is 0 Å². The van der Waals surface area contributed by atoms with Gasteiger partial charge in [0.25, 0.3) is 0 Å². The molecule has 1 saturated carbocycles. The van der Waals surface area contributed by atoms with E-state index in [-0.39, 0.29) is 0 Å². The van der Waals surface area contributed by atoms with Crippen molar-refractivity contribution in [1.29, 1.82) is 0 Å². The van der Waals surface area contributed by atoms with Crippen LogP contribution >= 0.6 is 0 Å². The van der Waals surface area contributed by atoms with E-state index in [4.69, 9.17) is 0 Å². The van der Waals surface area contributed by atoms with Crippen LogP contribution in [0.25, 0.3) is 0 Å². The van der Waals surface area contributed by atoms with Gasteiger partial charge >= 0.3 is 0 Å². The quantitative estimate of drug-likeness (QED) is 0.682. The fourth-order valence-corrected chi connectivity index (χ4v) is 2.98. The average molecular weight is 183 g/mol. The standard InChI is InChI=1S/C11H21NO/c1-11(13,9-5-2-3-6-9)10-7-4-8-12-10/h9-10,12-13H,2-8H2,1H3/t10?,11-/m1/s1. The fraction of sp³-hybridized carbons (Fsp3) is 1.00. The molecular formula is C11H21NO. The highest BCUT2D eigenvalue weighted by atomic mass is 16.3. The summed E-state index contributed by atoms with van der Waals surface area (Å²) in [6.45, 7) is 3.12. The summed E-state index contributed by atoms with van der Waals surface area (Å²) < 4.78 is 0. The Kier molecular flexibility index (Phi) is 2.61. The Bertz CT molecular complexity index is 149. The van der Waals surface area contributed by atoms with E-state index >= 15 is 0 Å². The van der Waals surface area contributed by atoms with Gasteiger partial charge in [-0.15, -0.1) is 0 Å². The molecule has 2 atom stereocenters. The normalized spacial score (nSPS) is 35.1. The predicted molar refractivity (Wildman–Crippen MR) is 53.6 cm³/mol. The highest BCUT2D eigenvalue weighted by Crippen LogP contribution is 2.37. The average Bonchev–Trinajstić information content (AvgIpc) is 2.78. The monoisotopic (exact) mass is 183 g/mol. The van der Waals surface area contributed by atoms with E-state index in [1.165, 1.54) is 32.1 Å². The van der Waals surface area contributed by atoms with Crippen LogP contribution in [0.15, 0.2) is 0 Å². The first-order valence-electron chi connectivity index (χ1n) is 5.67. The second kappa shape index (κ2) is 3.58. The minimum atomic E-state index is -0.451. The summed E-state index contributed by atoms with van der Waals surface area (Å²) in [6.07, 6.45) is 7.47. The summed E-state index contributed by atoms with van der Waals surface area (Å²) in [5.74, 6) is 0.545. The molecule has 2 N–H and O–H groups in total. The Morgan fingerprint density at radius 3 is 2.38 bits per heavy atom. The van der Waals surface area contributed by atoms with E-state index in [1.807, 2.05) is 6.92 Å². The lowest BCUT2D eigenvalue weighted by molar-refractivity contribution is -0.0276. The highest BCUT2D eigenvalue weighted by Gasteiger charge is 2.41. The number of aliphatic hydroxyl groups is 1. The van der Waals surface area contributed by atoms with Crippen molar-refractivity contribution < 1.29 is 5.11 Å². The molecule has 0 bridgehead atoms. The van der Waals surface area contributed by atoms with E-state index in [0.29, 0.717) is 12.0 Å². The van der Waals surface area contributed by atoms with Gasteiger partial charge in [-0.3, -0.25) is 0 Å². The van der Waals surface area contributed by atoms with Gasteiger partial charge in [0.1, 0.15) is 0 Å². The van der Waals surface area contributed by atoms with Gasteiger partial charge in [0.15, 0.2) is 0 Å². The van der Waals surface area contributed by atoms with Gasteiger partial charge in [0, 0.05) is 6.04 Å². The van der Waals surface area contributed by atoms with Crippen LogP contribution in [0, 0.1) is 5.92 Å². The van der Waals surface area contributed by atoms with Crippen molar-refractivity contribution >= 4 is 0 Å². The van der Waals surface area contributed by atoms with Gasteiger partial charge < -0.3 is 10.4 Å². The van der Waals surface area contributed by atoms with Crippen LogP contribution in [-0.2, 0) is 0 Å². The van der Waals surface area contributed by atoms with Crippen LogP contribution in [0.4, 0.5) is 0 Å². The largest absolute Gasteiger partial charge is 0.388 e. The Labute approximate surface area is 80.7 Å². The summed E-state index contributed by atoms with van der Waals surface area (Å²) in [4.78, 5) is 0. The van der Waals surface area contributed by atoms with Crippen LogP contribution in [0.1, 0.15) is 45.4 Å². The topological polar surface area (TPSA) is 32.3 Å². The molecule has 1 heterocycles. The van der Waals surface area contributed by atoms with Gasteiger partial charge in [0.05, 0.1) is 5.60 Å². The number of hydrogen-bond donors (Lipinski definition) is 2. The zero-order chi connectivity index (χ0) is 9.31. The maximum Gasteiger partial charge on any atom is 0.0799 e. The van der Waals surface area contributed by atoms with E-state index in [0.717, 1.165) is 13.0 Å². The van der Waals surface area contributed by atoms with E-state index < -0.39 is 5.60 Å². The lowest BCUT2D eigenvalue weighted by atomic mass is 9.81. The first-order valence-corrected chi connectivity index (χ1v) is 5.67. The van der Waals surface area contributed by atoms with Gasteiger partial charge in [-0.05, 0) is 45.1 Å². The van der Waals surface area contributed by atoms with Crippen molar-refractivity contribution in [2.75, 3.05) is 6.54 Å². The molecule has 2 rings (SSSR count). The molecule has 76 valence electrons. The first-order chi connectivity index (χ1) is 6.21. The summed E-state index contributed by atoms with van der Waals surface area (Å²) in [5.41, 5.74) is -0.451. The summed E-state index contributed by atoms with van der Waals surface area (Å²) in [6, 6.07) is 0.357. The number of hydrogen-bond acceptors (Lipinski definition) is 2. The molecule has 0 amide bonds. The van der Waals surface area contributed by atoms with E-state index in [9.17, 15) is 5.11 Å². The van der Waals surface area contributed by atoms with Crippen LogP contribution in [0.5, 0.6) is 0 Å². The molecule has 2 aliphatic rings. The molecule has 0 spiro atoms. The molecule has 2 nitrogen and oxygen atoms in total. The zero-order valence-corrected chi connectivity index (χ0v) is 8.55. The Morgan fingerprint density at radius 1 is 1.15 bits per heavy atom. The van der Waals surface area contributed by atoms with Crippen LogP contribution in [0.2, 0.25) is 0 Å². The third-order valence-electron chi connectivity index (χ3n) is 3.95. The van der Waals surface area contributed by atoms with Crippen molar-refractivity contribution in [3.8, 4) is 0 Å². The highest BCUT2D eigenvalue weighted by molar-refractivity contribution is 4.97. The second-order valence-electron chi connectivity index (χ2n) is 4.86. The SMILES string of the molecule is C[C@@](O)(C1CCCC1)C1CCCN1. The first kappa shape index (κ1) is 9.47. The Hall–Kier alpha value is -0.0800. The minimum Gasteiger partial charge on any atom is -0.388 e. The molecule has 1 aliphatic heterocycles. The maximum absolute atomic E-state index is 10.5. The zero-order valence-electron chi connectivity index (χ0n) is 8.55. The Morgan fingerprint density at radius 2 is 1.85 bits per heavy atom. The lowest BCUT2D eigenvalue weighted by Gasteiger charge is -2.35. The molecule has 0 aromatic rings. The third-order valence-corrected chi connectivity index (χ3v) is 3.95. The van der Waals surface area contributed by atoms with Gasteiger partial charge in [0.2, 0.25) is 0 Å². The van der Waals surface area contributed by atoms with Gasteiger partial charge in [-0.2, -0.15) is 0 Å². The second-order valence-corrected chi connectivity index (χ2v) is 4.86. The summed E-state index contributed by atoms with van der Waals surface area (Å²) in [5, 5.41) is 13.9. The third kappa shape index (κ3) is 1.75. The van der Waals surface area contributed by atoms with Gasteiger partial charge in [-0.1, -0.05) is 12.8 Å².